The van der Waals surface area contributed by atoms with Gasteiger partial charge in [-0.1, -0.05) is 31.6 Å². The van der Waals surface area contributed by atoms with E-state index in [1.165, 1.54) is 116 Å². The van der Waals surface area contributed by atoms with E-state index < -0.39 is 0 Å². The van der Waals surface area contributed by atoms with Gasteiger partial charge in [0.05, 0.1) is 6.10 Å². The van der Waals surface area contributed by atoms with E-state index in [1.54, 1.807) is 0 Å². The van der Waals surface area contributed by atoms with Crippen LogP contribution in [-0.2, 0) is 4.74 Å². The van der Waals surface area contributed by atoms with E-state index in [1.807, 2.05) is 0 Å². The maximum Gasteiger partial charge on any atom is 0.0575 e. The minimum absolute atomic E-state index is 0.579. The third-order valence-corrected chi connectivity index (χ3v) is 10.3. The molecular formula is C32H54O. The number of hydrogen-bond acceptors (Lipinski definition) is 1. The predicted octanol–water partition coefficient (Wildman–Crippen LogP) is 9.52. The van der Waals surface area contributed by atoms with Crippen molar-refractivity contribution in [3.05, 3.63) is 24.8 Å². The lowest BCUT2D eigenvalue weighted by Gasteiger charge is -2.41. The Morgan fingerprint density at radius 2 is 0.970 bits per heavy atom. The van der Waals surface area contributed by atoms with Gasteiger partial charge in [0.2, 0.25) is 0 Å². The minimum Gasteiger partial charge on any atom is -0.378 e. The average molecular weight is 455 g/mol. The monoisotopic (exact) mass is 454 g/mol. The van der Waals surface area contributed by atoms with Gasteiger partial charge >= 0.3 is 0 Å². The van der Waals surface area contributed by atoms with E-state index in [4.69, 9.17) is 4.74 Å². The zero-order valence-corrected chi connectivity index (χ0v) is 21.9. The fraction of sp³-hybridized carbons (Fsp3) is 0.875. The highest BCUT2D eigenvalue weighted by molar-refractivity contribution is 4.98. The molecule has 188 valence electrons. The second-order valence-corrected chi connectivity index (χ2v) is 12.4. The Bertz CT molecular complexity index is 561. The molecule has 1 nitrogen and oxygen atoms in total. The first-order valence-electron chi connectivity index (χ1n) is 15.2. The van der Waals surface area contributed by atoms with Gasteiger partial charge in [0.1, 0.15) is 0 Å². The lowest BCUT2D eigenvalue weighted by atomic mass is 9.65. The number of unbranched alkanes of at least 4 members (excludes halogenated alkanes) is 1. The maximum atomic E-state index is 6.12. The summed E-state index contributed by atoms with van der Waals surface area (Å²) < 4.78 is 6.12. The molecule has 0 aromatic heterocycles. The van der Waals surface area contributed by atoms with Crippen molar-refractivity contribution in [2.75, 3.05) is 6.61 Å². The number of hydrogen-bond donors (Lipinski definition) is 0. The number of allylic oxidation sites excluding steroid dienone is 3. The van der Waals surface area contributed by atoms with Gasteiger partial charge in [0, 0.05) is 6.61 Å². The Morgan fingerprint density at radius 3 is 1.42 bits per heavy atom. The zero-order valence-electron chi connectivity index (χ0n) is 21.9. The highest BCUT2D eigenvalue weighted by atomic mass is 16.5. The van der Waals surface area contributed by atoms with Crippen LogP contribution in [0.25, 0.3) is 0 Å². The van der Waals surface area contributed by atoms with Crippen molar-refractivity contribution < 1.29 is 4.74 Å². The largest absolute Gasteiger partial charge is 0.378 e. The molecule has 0 unspecified atom stereocenters. The highest BCUT2D eigenvalue weighted by Gasteiger charge is 2.34. The number of rotatable bonds is 9. The maximum absolute atomic E-state index is 6.12. The van der Waals surface area contributed by atoms with E-state index in [-0.39, 0.29) is 0 Å². The zero-order chi connectivity index (χ0) is 22.9. The van der Waals surface area contributed by atoms with Crippen LogP contribution in [0.15, 0.2) is 24.8 Å². The molecule has 33 heavy (non-hydrogen) atoms. The highest BCUT2D eigenvalue weighted by Crippen LogP contribution is 2.45. The fourth-order valence-corrected chi connectivity index (χ4v) is 7.91. The second-order valence-electron chi connectivity index (χ2n) is 12.4. The van der Waals surface area contributed by atoms with Crippen molar-refractivity contribution in [1.29, 1.82) is 0 Å². The SMILES string of the molecule is C=CC1CCC(/C=C/C2CCC(C3CCC(C4CCC(OCCCC)CC4)CC3)CC2)CC1. The summed E-state index contributed by atoms with van der Waals surface area (Å²) in [5.41, 5.74) is 0. The Hall–Kier alpha value is -0.560. The van der Waals surface area contributed by atoms with Crippen LogP contribution < -0.4 is 0 Å². The second kappa shape index (κ2) is 13.5. The Morgan fingerprint density at radius 1 is 0.576 bits per heavy atom. The predicted molar refractivity (Wildman–Crippen MR) is 142 cm³/mol. The van der Waals surface area contributed by atoms with E-state index in [0.717, 1.165) is 48.0 Å². The van der Waals surface area contributed by atoms with Crippen LogP contribution in [0.4, 0.5) is 0 Å². The van der Waals surface area contributed by atoms with Crippen molar-refractivity contribution in [2.24, 2.45) is 41.4 Å². The molecule has 1 heteroatoms. The quantitative estimate of drug-likeness (QED) is 0.249. The van der Waals surface area contributed by atoms with Gasteiger partial charge in [-0.2, -0.15) is 0 Å². The van der Waals surface area contributed by atoms with Crippen LogP contribution in [0.3, 0.4) is 0 Å². The van der Waals surface area contributed by atoms with E-state index in [0.29, 0.717) is 6.10 Å². The molecule has 0 aromatic carbocycles. The molecule has 0 saturated heterocycles. The molecule has 0 atom stereocenters. The van der Waals surface area contributed by atoms with Crippen molar-refractivity contribution in [3.63, 3.8) is 0 Å². The smallest absolute Gasteiger partial charge is 0.0575 e. The summed E-state index contributed by atoms with van der Waals surface area (Å²) >= 11 is 0. The molecule has 0 N–H and O–H groups in total. The molecule has 0 aromatic rings. The van der Waals surface area contributed by atoms with Crippen LogP contribution in [0.5, 0.6) is 0 Å². The molecule has 4 rings (SSSR count). The molecule has 0 bridgehead atoms. The van der Waals surface area contributed by atoms with Gasteiger partial charge in [-0.05, 0) is 151 Å². The van der Waals surface area contributed by atoms with Crippen LogP contribution in [0.2, 0.25) is 0 Å². The van der Waals surface area contributed by atoms with E-state index >= 15 is 0 Å². The summed E-state index contributed by atoms with van der Waals surface area (Å²) in [5, 5.41) is 0. The van der Waals surface area contributed by atoms with Gasteiger partial charge in [0.15, 0.2) is 0 Å². The van der Waals surface area contributed by atoms with Gasteiger partial charge in [-0.25, -0.2) is 0 Å². The third-order valence-electron chi connectivity index (χ3n) is 10.3. The summed E-state index contributed by atoms with van der Waals surface area (Å²) in [7, 11) is 0. The van der Waals surface area contributed by atoms with Crippen LogP contribution in [-0.4, -0.2) is 12.7 Å². The fourth-order valence-electron chi connectivity index (χ4n) is 7.91. The van der Waals surface area contributed by atoms with Gasteiger partial charge < -0.3 is 4.74 Å². The molecule has 4 saturated carbocycles. The third kappa shape index (κ3) is 7.71. The molecule has 4 aliphatic carbocycles. The van der Waals surface area contributed by atoms with Crippen molar-refractivity contribution in [1.82, 2.24) is 0 Å². The van der Waals surface area contributed by atoms with Crippen molar-refractivity contribution >= 4 is 0 Å². The normalized spacial score (nSPS) is 40.6. The molecule has 0 spiro atoms. The minimum atomic E-state index is 0.579. The molecule has 4 aliphatic rings. The molecule has 0 aliphatic heterocycles. The first-order chi connectivity index (χ1) is 16.2. The molecule has 0 heterocycles. The first-order valence-corrected chi connectivity index (χ1v) is 15.2. The van der Waals surface area contributed by atoms with Gasteiger partial charge in [-0.3, -0.25) is 0 Å². The lowest BCUT2D eigenvalue weighted by Crippen LogP contribution is -2.31. The van der Waals surface area contributed by atoms with E-state index in [2.05, 4.69) is 31.7 Å². The summed E-state index contributed by atoms with van der Waals surface area (Å²) in [6, 6.07) is 0. The summed E-state index contributed by atoms with van der Waals surface area (Å²) in [6.07, 6.45) is 33.6. The molecule has 4 fully saturated rings. The Kier molecular flexibility index (Phi) is 10.5. The summed E-state index contributed by atoms with van der Waals surface area (Å²) in [6.45, 7) is 7.25. The summed E-state index contributed by atoms with van der Waals surface area (Å²) in [5.74, 6) is 6.67. The average Bonchev–Trinajstić information content (AvgIpc) is 2.89. The molecule has 0 amide bonds. The van der Waals surface area contributed by atoms with Crippen LogP contribution >= 0.6 is 0 Å². The first kappa shape index (κ1) is 25.5. The standard InChI is InChI=1S/C32H54O/c1-3-5-24-33-32-22-20-31(21-23-32)30-18-16-29(17-19-30)28-14-12-27(13-15-28)11-10-26-8-6-25(4-2)7-9-26/h4,10-11,25-32H,2-3,5-9,12-24H2,1H3/b11-10+. The topological polar surface area (TPSA) is 9.23 Å². The Labute approximate surface area is 206 Å². The molecular weight excluding hydrogens is 400 g/mol. The van der Waals surface area contributed by atoms with Crippen LogP contribution in [0.1, 0.15) is 122 Å². The lowest BCUT2D eigenvalue weighted by molar-refractivity contribution is 0.00437. The summed E-state index contributed by atoms with van der Waals surface area (Å²) in [4.78, 5) is 0. The Balaban J connectivity index is 1.10. The number of ether oxygens (including phenoxy) is 1. The van der Waals surface area contributed by atoms with Crippen molar-refractivity contribution in [2.45, 2.75) is 129 Å². The van der Waals surface area contributed by atoms with Crippen molar-refractivity contribution in [3.8, 4) is 0 Å². The van der Waals surface area contributed by atoms with Gasteiger partial charge in [0.25, 0.3) is 0 Å². The molecule has 0 radical (unpaired) electrons. The van der Waals surface area contributed by atoms with E-state index in [9.17, 15) is 0 Å². The van der Waals surface area contributed by atoms with Gasteiger partial charge in [-0.15, -0.1) is 6.58 Å². The van der Waals surface area contributed by atoms with Crippen LogP contribution in [0, 0.1) is 41.4 Å².